The van der Waals surface area contributed by atoms with Gasteiger partial charge in [-0.05, 0) is 39.3 Å². The smallest absolute Gasteiger partial charge is 0.243 e. The number of benzene rings is 2. The number of rotatable bonds is 4. The Labute approximate surface area is 148 Å². The molecule has 0 aliphatic rings. The second kappa shape index (κ2) is 6.71. The van der Waals surface area contributed by atoms with Gasteiger partial charge in [0.2, 0.25) is 5.91 Å². The number of hydrogen-bond acceptors (Lipinski definition) is 2. The van der Waals surface area contributed by atoms with Gasteiger partial charge in [-0.2, -0.15) is 0 Å². The molecule has 0 saturated heterocycles. The highest BCUT2D eigenvalue weighted by Gasteiger charge is 2.27. The number of nitrogens with one attached hydrogen (secondary N) is 1. The fourth-order valence-electron chi connectivity index (χ4n) is 3.09. The van der Waals surface area contributed by atoms with Crippen LogP contribution in [0.15, 0.2) is 54.6 Å². The number of imidazole rings is 1. The maximum atomic E-state index is 13.0. The van der Waals surface area contributed by atoms with Crippen molar-refractivity contribution in [2.24, 2.45) is 0 Å². The Morgan fingerprint density at radius 1 is 1.08 bits per heavy atom. The molecule has 0 aliphatic carbocycles. The van der Waals surface area contributed by atoms with Crippen molar-refractivity contribution in [3.63, 3.8) is 0 Å². The monoisotopic (exact) mass is 335 g/mol. The molecule has 1 amide bonds. The standard InChI is InChI=1S/C21H25N3O/c1-5-17(20(25)23-21(2,3)4)24-18-14-10-9-13-16(18)22-19(24)15-11-7-6-8-12-15/h6-14,17H,5H2,1-4H3,(H,23,25). The average molecular weight is 335 g/mol. The van der Waals surface area contributed by atoms with E-state index in [1.165, 1.54) is 0 Å². The van der Waals surface area contributed by atoms with Crippen LogP contribution in [0.5, 0.6) is 0 Å². The van der Waals surface area contributed by atoms with E-state index in [-0.39, 0.29) is 17.5 Å². The normalized spacial score (nSPS) is 13.0. The molecule has 0 aliphatic heterocycles. The second-order valence-electron chi connectivity index (χ2n) is 7.32. The zero-order chi connectivity index (χ0) is 18.0. The minimum atomic E-state index is -0.304. The van der Waals surface area contributed by atoms with Gasteiger partial charge in [-0.1, -0.05) is 49.4 Å². The fourth-order valence-corrected chi connectivity index (χ4v) is 3.09. The number of aromatic nitrogens is 2. The lowest BCUT2D eigenvalue weighted by molar-refractivity contribution is -0.125. The van der Waals surface area contributed by atoms with Crippen LogP contribution in [0.4, 0.5) is 0 Å². The molecule has 2 aromatic carbocycles. The summed E-state index contributed by atoms with van der Waals surface area (Å²) in [7, 11) is 0. The van der Waals surface area contributed by atoms with Gasteiger partial charge in [-0.25, -0.2) is 4.98 Å². The van der Waals surface area contributed by atoms with Gasteiger partial charge in [-0.15, -0.1) is 0 Å². The van der Waals surface area contributed by atoms with Gasteiger partial charge in [0.25, 0.3) is 0 Å². The lowest BCUT2D eigenvalue weighted by atomic mass is 10.1. The highest BCUT2D eigenvalue weighted by atomic mass is 16.2. The summed E-state index contributed by atoms with van der Waals surface area (Å²) in [4.78, 5) is 17.8. The third kappa shape index (κ3) is 3.58. The van der Waals surface area contributed by atoms with E-state index in [4.69, 9.17) is 4.98 Å². The predicted octanol–water partition coefficient (Wildman–Crippen LogP) is 4.57. The number of carbonyl (C=O) groups excluding carboxylic acids is 1. The Morgan fingerprint density at radius 3 is 2.36 bits per heavy atom. The Balaban J connectivity index is 2.17. The molecule has 3 aromatic rings. The van der Waals surface area contributed by atoms with Crippen LogP contribution in [-0.4, -0.2) is 21.0 Å². The van der Waals surface area contributed by atoms with Crippen LogP contribution in [0.25, 0.3) is 22.4 Å². The highest BCUT2D eigenvalue weighted by Crippen LogP contribution is 2.30. The summed E-state index contributed by atoms with van der Waals surface area (Å²) in [6, 6.07) is 17.7. The molecule has 0 spiro atoms. The quantitative estimate of drug-likeness (QED) is 0.759. The lowest BCUT2D eigenvalue weighted by Gasteiger charge is -2.26. The van der Waals surface area contributed by atoms with E-state index in [1.807, 2.05) is 82.3 Å². The summed E-state index contributed by atoms with van der Waals surface area (Å²) in [5.74, 6) is 0.855. The molecule has 4 nitrogen and oxygen atoms in total. The van der Waals surface area contributed by atoms with Crippen molar-refractivity contribution in [3.05, 3.63) is 54.6 Å². The Hall–Kier alpha value is -2.62. The van der Waals surface area contributed by atoms with Crippen molar-refractivity contribution in [3.8, 4) is 11.4 Å². The molecule has 3 rings (SSSR count). The zero-order valence-corrected chi connectivity index (χ0v) is 15.3. The molecule has 25 heavy (non-hydrogen) atoms. The van der Waals surface area contributed by atoms with Gasteiger partial charge >= 0.3 is 0 Å². The summed E-state index contributed by atoms with van der Waals surface area (Å²) >= 11 is 0. The molecule has 1 heterocycles. The highest BCUT2D eigenvalue weighted by molar-refractivity contribution is 5.87. The van der Waals surface area contributed by atoms with Gasteiger partial charge in [-0.3, -0.25) is 4.79 Å². The first-order valence-corrected chi connectivity index (χ1v) is 8.75. The van der Waals surface area contributed by atoms with Crippen LogP contribution in [0.1, 0.15) is 40.2 Å². The van der Waals surface area contributed by atoms with Crippen LogP contribution in [-0.2, 0) is 4.79 Å². The molecule has 0 fully saturated rings. The first-order valence-electron chi connectivity index (χ1n) is 8.75. The first-order chi connectivity index (χ1) is 11.9. The molecular formula is C21H25N3O. The van der Waals surface area contributed by atoms with Gasteiger partial charge in [0.1, 0.15) is 11.9 Å². The number of para-hydroxylation sites is 2. The first kappa shape index (κ1) is 17.2. The van der Waals surface area contributed by atoms with E-state index in [0.29, 0.717) is 6.42 Å². The van der Waals surface area contributed by atoms with Gasteiger partial charge in [0.15, 0.2) is 0 Å². The zero-order valence-electron chi connectivity index (χ0n) is 15.3. The van der Waals surface area contributed by atoms with Crippen LogP contribution < -0.4 is 5.32 Å². The number of carbonyl (C=O) groups is 1. The van der Waals surface area contributed by atoms with Crippen molar-refractivity contribution in [1.82, 2.24) is 14.9 Å². The molecule has 1 unspecified atom stereocenters. The third-order valence-electron chi connectivity index (χ3n) is 4.13. The summed E-state index contributed by atoms with van der Waals surface area (Å²) in [6.45, 7) is 8.04. The summed E-state index contributed by atoms with van der Waals surface area (Å²) in [6.07, 6.45) is 0.697. The van der Waals surface area contributed by atoms with E-state index in [0.717, 1.165) is 22.4 Å². The SMILES string of the molecule is CCC(C(=O)NC(C)(C)C)n1c(-c2ccccc2)nc2ccccc21. The fraction of sp³-hybridized carbons (Fsp3) is 0.333. The topological polar surface area (TPSA) is 46.9 Å². The maximum Gasteiger partial charge on any atom is 0.243 e. The summed E-state index contributed by atoms with van der Waals surface area (Å²) in [5, 5.41) is 3.11. The van der Waals surface area contributed by atoms with E-state index in [1.54, 1.807) is 0 Å². The molecular weight excluding hydrogens is 310 g/mol. The average Bonchev–Trinajstić information content (AvgIpc) is 2.94. The Morgan fingerprint density at radius 2 is 1.72 bits per heavy atom. The van der Waals surface area contributed by atoms with Crippen LogP contribution >= 0.6 is 0 Å². The molecule has 1 N–H and O–H groups in total. The second-order valence-corrected chi connectivity index (χ2v) is 7.32. The van der Waals surface area contributed by atoms with E-state index in [9.17, 15) is 4.79 Å². The van der Waals surface area contributed by atoms with E-state index >= 15 is 0 Å². The molecule has 130 valence electrons. The van der Waals surface area contributed by atoms with Gasteiger partial charge in [0.05, 0.1) is 11.0 Å². The van der Waals surface area contributed by atoms with Crippen LogP contribution in [0, 0.1) is 0 Å². The van der Waals surface area contributed by atoms with Crippen molar-refractivity contribution in [2.45, 2.75) is 45.7 Å². The van der Waals surface area contributed by atoms with E-state index < -0.39 is 0 Å². The van der Waals surface area contributed by atoms with Crippen molar-refractivity contribution in [1.29, 1.82) is 0 Å². The van der Waals surface area contributed by atoms with E-state index in [2.05, 4.69) is 9.88 Å². The summed E-state index contributed by atoms with van der Waals surface area (Å²) < 4.78 is 2.08. The van der Waals surface area contributed by atoms with Crippen molar-refractivity contribution >= 4 is 16.9 Å². The number of fused-ring (bicyclic) bond motifs is 1. The van der Waals surface area contributed by atoms with Gasteiger partial charge in [0, 0.05) is 11.1 Å². The minimum absolute atomic E-state index is 0.0235. The molecule has 4 heteroatoms. The summed E-state index contributed by atoms with van der Waals surface area (Å²) in [5.41, 5.74) is 2.63. The van der Waals surface area contributed by atoms with Crippen LogP contribution in [0.2, 0.25) is 0 Å². The van der Waals surface area contributed by atoms with Crippen molar-refractivity contribution in [2.75, 3.05) is 0 Å². The number of nitrogens with zero attached hydrogens (tertiary/aromatic N) is 2. The lowest BCUT2D eigenvalue weighted by Crippen LogP contribution is -2.44. The van der Waals surface area contributed by atoms with Crippen molar-refractivity contribution < 1.29 is 4.79 Å². The molecule has 1 aromatic heterocycles. The number of hydrogen-bond donors (Lipinski definition) is 1. The maximum absolute atomic E-state index is 13.0. The Kier molecular flexibility index (Phi) is 4.62. The largest absolute Gasteiger partial charge is 0.350 e. The predicted molar refractivity (Wildman–Crippen MR) is 102 cm³/mol. The third-order valence-corrected chi connectivity index (χ3v) is 4.13. The molecule has 0 radical (unpaired) electrons. The van der Waals surface area contributed by atoms with Gasteiger partial charge < -0.3 is 9.88 Å². The van der Waals surface area contributed by atoms with Crippen LogP contribution in [0.3, 0.4) is 0 Å². The number of amides is 1. The Bertz CT molecular complexity index is 875. The molecule has 0 saturated carbocycles. The minimum Gasteiger partial charge on any atom is -0.350 e. The molecule has 0 bridgehead atoms. The molecule has 1 atom stereocenters.